The molecule has 3 N–H and O–H groups in total. The molecule has 24 heavy (non-hydrogen) atoms. The highest BCUT2D eigenvalue weighted by Gasteiger charge is 2.25. The largest absolute Gasteiger partial charge is 0.493 e. The van der Waals surface area contributed by atoms with E-state index < -0.39 is 0 Å². The molecule has 1 aliphatic carbocycles. The highest BCUT2D eigenvalue weighted by Crippen LogP contribution is 2.39. The molecule has 0 aromatic heterocycles. The van der Waals surface area contributed by atoms with Gasteiger partial charge in [-0.05, 0) is 31.4 Å². The Labute approximate surface area is 149 Å². The Morgan fingerprint density at radius 2 is 1.88 bits per heavy atom. The average Bonchev–Trinajstić information content (AvgIpc) is 2.58. The molecule has 0 heterocycles. The van der Waals surface area contributed by atoms with Crippen molar-refractivity contribution in [3.63, 3.8) is 0 Å². The summed E-state index contributed by atoms with van der Waals surface area (Å²) in [5.74, 6) is 1.76. The van der Waals surface area contributed by atoms with Crippen LogP contribution in [0.5, 0.6) is 17.2 Å². The van der Waals surface area contributed by atoms with E-state index in [1.165, 1.54) is 0 Å². The molecule has 0 spiro atoms. The van der Waals surface area contributed by atoms with Crippen LogP contribution in [0.2, 0.25) is 0 Å². The second-order valence-electron chi connectivity index (χ2n) is 5.83. The molecule has 1 aromatic rings. The van der Waals surface area contributed by atoms with Gasteiger partial charge in [-0.2, -0.15) is 0 Å². The van der Waals surface area contributed by atoms with Gasteiger partial charge < -0.3 is 25.3 Å². The van der Waals surface area contributed by atoms with Gasteiger partial charge in [-0.1, -0.05) is 6.42 Å². The number of ether oxygens (including phenoxy) is 3. The number of rotatable bonds is 6. The summed E-state index contributed by atoms with van der Waals surface area (Å²) in [7, 11) is 4.71. The molecule has 0 aliphatic heterocycles. The molecular formula is C17H27ClN2O4. The highest BCUT2D eigenvalue weighted by molar-refractivity contribution is 5.85. The second-order valence-corrected chi connectivity index (χ2v) is 5.83. The number of amides is 1. The smallest absolute Gasteiger partial charge is 0.223 e. The van der Waals surface area contributed by atoms with Crippen LogP contribution in [0.4, 0.5) is 0 Å². The molecule has 0 bridgehead atoms. The molecule has 2 unspecified atom stereocenters. The summed E-state index contributed by atoms with van der Waals surface area (Å²) in [6, 6.07) is 3.81. The normalized spacial score (nSPS) is 19.8. The van der Waals surface area contributed by atoms with Gasteiger partial charge in [0, 0.05) is 24.1 Å². The van der Waals surface area contributed by atoms with E-state index >= 15 is 0 Å². The molecular weight excluding hydrogens is 332 g/mol. The van der Waals surface area contributed by atoms with E-state index in [-0.39, 0.29) is 30.3 Å². The zero-order valence-electron chi connectivity index (χ0n) is 14.5. The van der Waals surface area contributed by atoms with Crippen molar-refractivity contribution in [1.29, 1.82) is 0 Å². The maximum absolute atomic E-state index is 12.3. The van der Waals surface area contributed by atoms with E-state index in [9.17, 15) is 4.79 Å². The summed E-state index contributed by atoms with van der Waals surface area (Å²) in [6.07, 6.45) is 3.68. The Morgan fingerprint density at radius 1 is 1.17 bits per heavy atom. The number of carbonyl (C=O) groups excluding carboxylic acids is 1. The highest BCUT2D eigenvalue weighted by atomic mass is 35.5. The van der Waals surface area contributed by atoms with Crippen LogP contribution in [0, 0.1) is 5.92 Å². The topological polar surface area (TPSA) is 82.8 Å². The Bertz CT molecular complexity index is 554. The number of benzene rings is 1. The van der Waals surface area contributed by atoms with Crippen molar-refractivity contribution in [2.45, 2.75) is 38.3 Å². The summed E-state index contributed by atoms with van der Waals surface area (Å²) < 4.78 is 16.0. The number of methoxy groups -OCH3 is 3. The minimum Gasteiger partial charge on any atom is -0.493 e. The van der Waals surface area contributed by atoms with Gasteiger partial charge in [0.2, 0.25) is 11.7 Å². The summed E-state index contributed by atoms with van der Waals surface area (Å²) in [4.78, 5) is 12.3. The van der Waals surface area contributed by atoms with Gasteiger partial charge in [0.15, 0.2) is 11.5 Å². The molecule has 2 rings (SSSR count). The SMILES string of the molecule is COc1ccc(CNC(=O)C2CCCC(N)C2)c(OC)c1OC.Cl. The summed E-state index contributed by atoms with van der Waals surface area (Å²) in [5.41, 5.74) is 6.80. The first kappa shape index (κ1) is 20.4. The van der Waals surface area contributed by atoms with Crippen LogP contribution in [-0.2, 0) is 11.3 Å². The van der Waals surface area contributed by atoms with Gasteiger partial charge in [0.05, 0.1) is 21.3 Å². The summed E-state index contributed by atoms with van der Waals surface area (Å²) in [5, 5.41) is 2.98. The third kappa shape index (κ3) is 4.68. The molecule has 0 radical (unpaired) electrons. The van der Waals surface area contributed by atoms with Crippen molar-refractivity contribution in [3.05, 3.63) is 17.7 Å². The van der Waals surface area contributed by atoms with E-state index in [1.54, 1.807) is 27.4 Å². The maximum atomic E-state index is 12.3. The van der Waals surface area contributed by atoms with Crippen LogP contribution in [0.15, 0.2) is 12.1 Å². The minimum absolute atomic E-state index is 0. The zero-order valence-corrected chi connectivity index (χ0v) is 15.3. The number of nitrogens with two attached hydrogens (primary N) is 1. The lowest BCUT2D eigenvalue weighted by Crippen LogP contribution is -2.37. The van der Waals surface area contributed by atoms with Crippen molar-refractivity contribution < 1.29 is 19.0 Å². The van der Waals surface area contributed by atoms with Crippen molar-refractivity contribution in [3.8, 4) is 17.2 Å². The van der Waals surface area contributed by atoms with Gasteiger partial charge in [-0.15, -0.1) is 12.4 Å². The Kier molecular flexibility index (Phi) is 8.15. The Hall–Kier alpha value is -1.66. The average molecular weight is 359 g/mol. The monoisotopic (exact) mass is 358 g/mol. The van der Waals surface area contributed by atoms with Crippen LogP contribution >= 0.6 is 12.4 Å². The Morgan fingerprint density at radius 3 is 2.46 bits per heavy atom. The molecule has 1 aromatic carbocycles. The van der Waals surface area contributed by atoms with Crippen molar-refractivity contribution in [2.24, 2.45) is 11.7 Å². The van der Waals surface area contributed by atoms with Crippen molar-refractivity contribution >= 4 is 18.3 Å². The minimum atomic E-state index is 0. The molecule has 1 saturated carbocycles. The molecule has 7 heteroatoms. The van der Waals surface area contributed by atoms with Gasteiger partial charge in [-0.3, -0.25) is 4.79 Å². The first-order valence-electron chi connectivity index (χ1n) is 7.91. The van der Waals surface area contributed by atoms with Gasteiger partial charge >= 0.3 is 0 Å². The number of carbonyl (C=O) groups is 1. The summed E-state index contributed by atoms with van der Waals surface area (Å²) >= 11 is 0. The fourth-order valence-electron chi connectivity index (χ4n) is 3.09. The fraction of sp³-hybridized carbons (Fsp3) is 0.588. The van der Waals surface area contributed by atoms with Crippen LogP contribution in [0.1, 0.15) is 31.2 Å². The number of hydrogen-bond donors (Lipinski definition) is 2. The van der Waals surface area contributed by atoms with E-state index in [4.69, 9.17) is 19.9 Å². The standard InChI is InChI=1S/C17H26N2O4.ClH/c1-21-14-8-7-12(15(22-2)16(14)23-3)10-19-17(20)11-5-4-6-13(18)9-11;/h7-8,11,13H,4-6,9-10,18H2,1-3H3,(H,19,20);1H. The summed E-state index contributed by atoms with van der Waals surface area (Å²) in [6.45, 7) is 0.383. The van der Waals surface area contributed by atoms with Crippen LogP contribution in [0.25, 0.3) is 0 Å². The fourth-order valence-corrected chi connectivity index (χ4v) is 3.09. The predicted molar refractivity (Wildman–Crippen MR) is 95.1 cm³/mol. The molecule has 1 aliphatic rings. The second kappa shape index (κ2) is 9.59. The van der Waals surface area contributed by atoms with Gasteiger partial charge in [0.25, 0.3) is 0 Å². The van der Waals surface area contributed by atoms with Gasteiger partial charge in [-0.25, -0.2) is 0 Å². The number of halogens is 1. The van der Waals surface area contributed by atoms with E-state index in [2.05, 4.69) is 5.32 Å². The number of nitrogens with one attached hydrogen (secondary N) is 1. The molecule has 6 nitrogen and oxygen atoms in total. The number of hydrogen-bond acceptors (Lipinski definition) is 5. The van der Waals surface area contributed by atoms with Crippen molar-refractivity contribution in [2.75, 3.05) is 21.3 Å². The molecule has 1 amide bonds. The third-order valence-electron chi connectivity index (χ3n) is 4.32. The van der Waals surface area contributed by atoms with E-state index in [0.717, 1.165) is 31.2 Å². The lowest BCUT2D eigenvalue weighted by molar-refractivity contribution is -0.126. The first-order chi connectivity index (χ1) is 11.1. The molecule has 0 saturated heterocycles. The molecule has 136 valence electrons. The first-order valence-corrected chi connectivity index (χ1v) is 7.91. The molecule has 1 fully saturated rings. The van der Waals surface area contributed by atoms with Crippen molar-refractivity contribution in [1.82, 2.24) is 5.32 Å². The van der Waals surface area contributed by atoms with Crippen LogP contribution in [0.3, 0.4) is 0 Å². The third-order valence-corrected chi connectivity index (χ3v) is 4.32. The lowest BCUT2D eigenvalue weighted by Gasteiger charge is -2.25. The van der Waals surface area contributed by atoms with Crippen LogP contribution < -0.4 is 25.3 Å². The lowest BCUT2D eigenvalue weighted by atomic mass is 9.85. The zero-order chi connectivity index (χ0) is 16.8. The maximum Gasteiger partial charge on any atom is 0.223 e. The molecule has 2 atom stereocenters. The van der Waals surface area contributed by atoms with Crippen LogP contribution in [-0.4, -0.2) is 33.3 Å². The van der Waals surface area contributed by atoms with E-state index in [0.29, 0.717) is 23.8 Å². The quantitative estimate of drug-likeness (QED) is 0.815. The van der Waals surface area contributed by atoms with Gasteiger partial charge in [0.1, 0.15) is 0 Å². The van der Waals surface area contributed by atoms with E-state index in [1.807, 2.05) is 6.07 Å². The Balaban J connectivity index is 0.00000288. The predicted octanol–water partition coefficient (Wildman–Crippen LogP) is 2.27.